The summed E-state index contributed by atoms with van der Waals surface area (Å²) in [7, 11) is 1.87. The van der Waals surface area contributed by atoms with Crippen LogP contribution in [-0.2, 0) is 11.8 Å². The Morgan fingerprint density at radius 1 is 1.21 bits per heavy atom. The van der Waals surface area contributed by atoms with Crippen molar-refractivity contribution >= 4 is 23.4 Å². The van der Waals surface area contributed by atoms with Gasteiger partial charge in [-0.15, -0.1) is 10.2 Å². The number of nitrogens with one attached hydrogen (secondary N) is 1. The monoisotopic (exact) mass is 350 g/mol. The van der Waals surface area contributed by atoms with Crippen molar-refractivity contribution in [1.29, 1.82) is 0 Å². The van der Waals surface area contributed by atoms with Crippen LogP contribution in [0.15, 0.2) is 23.4 Å². The lowest BCUT2D eigenvalue weighted by atomic mass is 10.2. The molecule has 0 aliphatic rings. The third-order valence-corrected chi connectivity index (χ3v) is 4.23. The van der Waals surface area contributed by atoms with Gasteiger partial charge in [-0.1, -0.05) is 11.8 Å². The second kappa shape index (κ2) is 8.58. The largest absolute Gasteiger partial charge is 0.490 e. The molecule has 1 aromatic heterocycles. The molecule has 0 saturated heterocycles. The van der Waals surface area contributed by atoms with Crippen LogP contribution in [0.5, 0.6) is 11.5 Å². The molecule has 130 valence electrons. The predicted molar refractivity (Wildman–Crippen MR) is 93.9 cm³/mol. The summed E-state index contributed by atoms with van der Waals surface area (Å²) in [5.41, 5.74) is 0.668. The smallest absolute Gasteiger partial charge is 0.234 e. The number of aromatic nitrogens is 3. The molecule has 2 aromatic rings. The molecule has 24 heavy (non-hydrogen) atoms. The molecule has 1 amide bonds. The van der Waals surface area contributed by atoms with E-state index in [1.54, 1.807) is 18.2 Å². The summed E-state index contributed by atoms with van der Waals surface area (Å²) in [6, 6.07) is 5.36. The van der Waals surface area contributed by atoms with Gasteiger partial charge in [-0.25, -0.2) is 0 Å². The van der Waals surface area contributed by atoms with Gasteiger partial charge >= 0.3 is 0 Å². The first-order valence-corrected chi connectivity index (χ1v) is 8.72. The number of carbonyl (C=O) groups is 1. The zero-order valence-corrected chi connectivity index (χ0v) is 15.1. The topological polar surface area (TPSA) is 78.3 Å². The molecule has 1 heterocycles. The van der Waals surface area contributed by atoms with Gasteiger partial charge in [0.2, 0.25) is 5.91 Å². The van der Waals surface area contributed by atoms with Crippen LogP contribution in [-0.4, -0.2) is 39.6 Å². The third kappa shape index (κ3) is 4.64. The molecule has 0 bridgehead atoms. The molecule has 0 atom stereocenters. The van der Waals surface area contributed by atoms with Crippen molar-refractivity contribution < 1.29 is 14.3 Å². The minimum absolute atomic E-state index is 0.118. The van der Waals surface area contributed by atoms with E-state index in [9.17, 15) is 4.79 Å². The lowest BCUT2D eigenvalue weighted by Crippen LogP contribution is -2.14. The van der Waals surface area contributed by atoms with Crippen LogP contribution in [0.2, 0.25) is 0 Å². The number of hydrogen-bond acceptors (Lipinski definition) is 6. The molecule has 0 unspecified atom stereocenters. The van der Waals surface area contributed by atoms with E-state index in [-0.39, 0.29) is 11.7 Å². The van der Waals surface area contributed by atoms with Crippen molar-refractivity contribution in [3.05, 3.63) is 24.0 Å². The molecule has 0 saturated carbocycles. The van der Waals surface area contributed by atoms with Crippen molar-refractivity contribution in [3.63, 3.8) is 0 Å². The van der Waals surface area contributed by atoms with E-state index in [1.807, 2.05) is 32.4 Å². The summed E-state index contributed by atoms with van der Waals surface area (Å²) in [4.78, 5) is 12.1. The fourth-order valence-electron chi connectivity index (χ4n) is 1.97. The fourth-order valence-corrected chi connectivity index (χ4v) is 2.73. The Morgan fingerprint density at radius 2 is 1.92 bits per heavy atom. The Labute approximate surface area is 145 Å². The van der Waals surface area contributed by atoms with Gasteiger partial charge in [0.15, 0.2) is 16.7 Å². The van der Waals surface area contributed by atoms with Crippen LogP contribution in [0.3, 0.4) is 0 Å². The summed E-state index contributed by atoms with van der Waals surface area (Å²) in [5, 5.41) is 11.6. The number of benzene rings is 1. The highest BCUT2D eigenvalue weighted by Gasteiger charge is 2.11. The van der Waals surface area contributed by atoms with Gasteiger partial charge in [-0.3, -0.25) is 4.79 Å². The number of thioether (sulfide) groups is 1. The van der Waals surface area contributed by atoms with E-state index in [2.05, 4.69) is 15.5 Å². The molecule has 0 aliphatic heterocycles. The first kappa shape index (κ1) is 18.1. The van der Waals surface area contributed by atoms with Gasteiger partial charge in [0.25, 0.3) is 0 Å². The maximum absolute atomic E-state index is 12.1. The number of rotatable bonds is 8. The average Bonchev–Trinajstić information content (AvgIpc) is 2.87. The first-order valence-electron chi connectivity index (χ1n) is 7.73. The molecule has 0 spiro atoms. The third-order valence-electron chi connectivity index (χ3n) is 3.21. The second-order valence-electron chi connectivity index (χ2n) is 4.95. The van der Waals surface area contributed by atoms with Crippen LogP contribution in [0.1, 0.15) is 19.7 Å². The van der Waals surface area contributed by atoms with E-state index < -0.39 is 0 Å². The van der Waals surface area contributed by atoms with Gasteiger partial charge in [-0.2, -0.15) is 0 Å². The first-order chi connectivity index (χ1) is 11.5. The highest BCUT2D eigenvalue weighted by atomic mass is 32.2. The van der Waals surface area contributed by atoms with Crippen molar-refractivity contribution in [2.75, 3.05) is 24.3 Å². The molecular weight excluding hydrogens is 328 g/mol. The molecule has 1 N–H and O–H groups in total. The fraction of sp³-hybridized carbons (Fsp3) is 0.438. The Hall–Kier alpha value is -2.22. The van der Waals surface area contributed by atoms with E-state index in [4.69, 9.17) is 9.47 Å². The maximum Gasteiger partial charge on any atom is 0.234 e. The molecule has 1 aromatic carbocycles. The van der Waals surface area contributed by atoms with Crippen molar-refractivity contribution in [3.8, 4) is 11.5 Å². The summed E-state index contributed by atoms with van der Waals surface area (Å²) < 4.78 is 12.9. The molecule has 2 rings (SSSR count). The van der Waals surface area contributed by atoms with Crippen LogP contribution in [0.25, 0.3) is 0 Å². The highest BCUT2D eigenvalue weighted by Crippen LogP contribution is 2.30. The maximum atomic E-state index is 12.1. The number of nitrogens with zero attached hydrogens (tertiary/aromatic N) is 3. The van der Waals surface area contributed by atoms with E-state index in [0.717, 1.165) is 5.82 Å². The molecule has 8 heteroatoms. The van der Waals surface area contributed by atoms with Gasteiger partial charge in [-0.05, 0) is 32.9 Å². The lowest BCUT2D eigenvalue weighted by Gasteiger charge is -2.13. The van der Waals surface area contributed by atoms with Crippen LogP contribution >= 0.6 is 11.8 Å². The predicted octanol–water partition coefficient (Wildman–Crippen LogP) is 2.65. The van der Waals surface area contributed by atoms with Crippen LogP contribution < -0.4 is 14.8 Å². The number of amides is 1. The zero-order chi connectivity index (χ0) is 17.5. The molecule has 0 radical (unpaired) electrons. The molecular formula is C16H22N4O3S. The number of hydrogen-bond donors (Lipinski definition) is 1. The molecule has 0 aliphatic carbocycles. The quantitative estimate of drug-likeness (QED) is 0.738. The van der Waals surface area contributed by atoms with Crippen molar-refractivity contribution in [2.45, 2.75) is 25.9 Å². The van der Waals surface area contributed by atoms with E-state index in [0.29, 0.717) is 35.6 Å². The minimum atomic E-state index is -0.118. The number of aryl methyl sites for hydroxylation is 1. The SMILES string of the molecule is CCOc1ccc(NC(=O)CSc2nnc(C)n2C)cc1OCC. The Kier molecular flexibility index (Phi) is 6.48. The van der Waals surface area contributed by atoms with Gasteiger partial charge in [0.05, 0.1) is 19.0 Å². The molecule has 7 nitrogen and oxygen atoms in total. The summed E-state index contributed by atoms with van der Waals surface area (Å²) in [6.07, 6.45) is 0. The summed E-state index contributed by atoms with van der Waals surface area (Å²) in [6.45, 7) is 6.77. The Balaban J connectivity index is 1.98. The van der Waals surface area contributed by atoms with Gasteiger partial charge in [0.1, 0.15) is 5.82 Å². The van der Waals surface area contributed by atoms with Crippen LogP contribution in [0.4, 0.5) is 5.69 Å². The highest BCUT2D eigenvalue weighted by molar-refractivity contribution is 7.99. The Bertz CT molecular complexity index is 703. The average molecular weight is 350 g/mol. The van der Waals surface area contributed by atoms with Crippen LogP contribution in [0, 0.1) is 6.92 Å². The summed E-state index contributed by atoms with van der Waals surface area (Å²) in [5.74, 6) is 2.23. The second-order valence-corrected chi connectivity index (χ2v) is 5.90. The minimum Gasteiger partial charge on any atom is -0.490 e. The number of ether oxygens (including phenoxy) is 2. The normalized spacial score (nSPS) is 10.5. The Morgan fingerprint density at radius 3 is 2.54 bits per heavy atom. The van der Waals surface area contributed by atoms with Gasteiger partial charge < -0.3 is 19.4 Å². The van der Waals surface area contributed by atoms with Crippen molar-refractivity contribution in [1.82, 2.24) is 14.8 Å². The number of anilines is 1. The molecule has 0 fully saturated rings. The standard InChI is InChI=1S/C16H22N4O3S/c1-5-22-13-8-7-12(9-14(13)23-6-2)17-15(21)10-24-16-19-18-11(3)20(16)4/h7-9H,5-6,10H2,1-4H3,(H,17,21). The van der Waals surface area contributed by atoms with E-state index >= 15 is 0 Å². The van der Waals surface area contributed by atoms with Gasteiger partial charge in [0, 0.05) is 18.8 Å². The van der Waals surface area contributed by atoms with Crippen molar-refractivity contribution in [2.24, 2.45) is 7.05 Å². The number of carbonyl (C=O) groups excluding carboxylic acids is 1. The van der Waals surface area contributed by atoms with E-state index in [1.165, 1.54) is 11.8 Å². The lowest BCUT2D eigenvalue weighted by molar-refractivity contribution is -0.113. The zero-order valence-electron chi connectivity index (χ0n) is 14.3. The summed E-state index contributed by atoms with van der Waals surface area (Å²) >= 11 is 1.34.